The first-order valence-electron chi connectivity index (χ1n) is 8.50. The second-order valence-corrected chi connectivity index (χ2v) is 7.22. The fourth-order valence-corrected chi connectivity index (χ4v) is 3.36. The number of nitrogens with zero attached hydrogens (tertiary/aromatic N) is 2. The molecule has 0 unspecified atom stereocenters. The highest BCUT2D eigenvalue weighted by atomic mass is 127. The van der Waals surface area contributed by atoms with Crippen LogP contribution in [0.25, 0.3) is 11.6 Å². The third-order valence-electron chi connectivity index (χ3n) is 4.07. The van der Waals surface area contributed by atoms with Crippen LogP contribution >= 0.6 is 22.6 Å². The Kier molecular flexibility index (Phi) is 6.57. The third-order valence-corrected chi connectivity index (χ3v) is 4.91. The summed E-state index contributed by atoms with van der Waals surface area (Å²) in [5.74, 6) is 0.158. The summed E-state index contributed by atoms with van der Waals surface area (Å²) in [5.41, 5.74) is 1.90. The second kappa shape index (κ2) is 9.30. The Morgan fingerprint density at radius 3 is 2.66 bits per heavy atom. The minimum Gasteiger partial charge on any atom is -0.488 e. The number of non-ortho nitro benzene ring substituents is 1. The number of benzene rings is 3. The Bertz CT molecular complexity index is 1140. The number of halogens is 2. The molecule has 0 atom stereocenters. The standard InChI is InChI=1S/C22H14FIN2O3/c23-20-7-2-1-6-19(20)17(13-25)10-15-8-9-22(21(24)12-15)29-14-16-4-3-5-18(11-16)26(27)28/h1-12H,14H2/b17-10-. The van der Waals surface area contributed by atoms with Gasteiger partial charge in [0, 0.05) is 17.7 Å². The Balaban J connectivity index is 1.78. The fraction of sp³-hybridized carbons (Fsp3) is 0.0455. The lowest BCUT2D eigenvalue weighted by Gasteiger charge is -2.09. The zero-order chi connectivity index (χ0) is 20.8. The van der Waals surface area contributed by atoms with Crippen LogP contribution in [-0.4, -0.2) is 4.92 Å². The summed E-state index contributed by atoms with van der Waals surface area (Å²) < 4.78 is 20.5. The average Bonchev–Trinajstić information content (AvgIpc) is 2.72. The van der Waals surface area contributed by atoms with Crippen molar-refractivity contribution in [1.29, 1.82) is 5.26 Å². The van der Waals surface area contributed by atoms with Crippen LogP contribution in [0.5, 0.6) is 5.75 Å². The molecule has 0 aromatic heterocycles. The maximum atomic E-state index is 14.0. The smallest absolute Gasteiger partial charge is 0.269 e. The van der Waals surface area contributed by atoms with Crippen LogP contribution in [0.1, 0.15) is 16.7 Å². The van der Waals surface area contributed by atoms with Crippen LogP contribution < -0.4 is 4.74 Å². The molecule has 144 valence electrons. The van der Waals surface area contributed by atoms with Gasteiger partial charge in [0.15, 0.2) is 0 Å². The van der Waals surface area contributed by atoms with Gasteiger partial charge < -0.3 is 4.74 Å². The number of hydrogen-bond donors (Lipinski definition) is 0. The molecule has 29 heavy (non-hydrogen) atoms. The van der Waals surface area contributed by atoms with E-state index in [0.29, 0.717) is 11.3 Å². The first-order valence-corrected chi connectivity index (χ1v) is 9.58. The average molecular weight is 500 g/mol. The molecule has 3 aromatic rings. The Labute approximate surface area is 180 Å². The van der Waals surface area contributed by atoms with Crippen molar-refractivity contribution in [1.82, 2.24) is 0 Å². The van der Waals surface area contributed by atoms with E-state index in [1.165, 1.54) is 18.2 Å². The second-order valence-electron chi connectivity index (χ2n) is 6.06. The summed E-state index contributed by atoms with van der Waals surface area (Å²) in [6.07, 6.45) is 1.62. The lowest BCUT2D eigenvalue weighted by Crippen LogP contribution is -1.98. The maximum absolute atomic E-state index is 14.0. The van der Waals surface area contributed by atoms with Crippen molar-refractivity contribution < 1.29 is 14.1 Å². The Morgan fingerprint density at radius 1 is 1.17 bits per heavy atom. The van der Waals surface area contributed by atoms with Crippen LogP contribution in [0.4, 0.5) is 10.1 Å². The molecule has 0 fully saturated rings. The topological polar surface area (TPSA) is 76.2 Å². The lowest BCUT2D eigenvalue weighted by molar-refractivity contribution is -0.384. The van der Waals surface area contributed by atoms with Gasteiger partial charge >= 0.3 is 0 Å². The van der Waals surface area contributed by atoms with Crippen molar-refractivity contribution in [2.45, 2.75) is 6.61 Å². The monoisotopic (exact) mass is 500 g/mol. The van der Waals surface area contributed by atoms with Gasteiger partial charge in [-0.3, -0.25) is 10.1 Å². The van der Waals surface area contributed by atoms with Gasteiger partial charge in [-0.25, -0.2) is 4.39 Å². The molecule has 0 radical (unpaired) electrons. The highest BCUT2D eigenvalue weighted by Crippen LogP contribution is 2.27. The predicted octanol–water partition coefficient (Wildman–Crippen LogP) is 5.98. The van der Waals surface area contributed by atoms with Crippen molar-refractivity contribution in [2.24, 2.45) is 0 Å². The lowest BCUT2D eigenvalue weighted by atomic mass is 10.0. The van der Waals surface area contributed by atoms with Gasteiger partial charge in [0.25, 0.3) is 5.69 Å². The molecule has 7 heteroatoms. The van der Waals surface area contributed by atoms with Gasteiger partial charge in [0.05, 0.1) is 20.1 Å². The van der Waals surface area contributed by atoms with Crippen LogP contribution in [0, 0.1) is 30.8 Å². The molecular formula is C22H14FIN2O3. The SMILES string of the molecule is N#C/C(=C/c1ccc(OCc2cccc([N+](=O)[O-])c2)c(I)c1)c1ccccc1F. The summed E-state index contributed by atoms with van der Waals surface area (Å²) >= 11 is 2.11. The van der Waals surface area contributed by atoms with Gasteiger partial charge in [0.2, 0.25) is 0 Å². The van der Waals surface area contributed by atoms with Crippen molar-refractivity contribution in [3.8, 4) is 11.8 Å². The summed E-state index contributed by atoms with van der Waals surface area (Å²) in [7, 11) is 0. The maximum Gasteiger partial charge on any atom is 0.269 e. The summed E-state index contributed by atoms with van der Waals surface area (Å²) in [6, 6.07) is 19.8. The molecule has 0 amide bonds. The number of nitro benzene ring substituents is 1. The van der Waals surface area contributed by atoms with Crippen molar-refractivity contribution in [2.75, 3.05) is 0 Å². The number of nitro groups is 1. The molecule has 0 bridgehead atoms. The van der Waals surface area contributed by atoms with E-state index in [9.17, 15) is 19.8 Å². The zero-order valence-electron chi connectivity index (χ0n) is 15.0. The van der Waals surface area contributed by atoms with Crippen molar-refractivity contribution in [3.63, 3.8) is 0 Å². The van der Waals surface area contributed by atoms with Gasteiger partial charge in [0.1, 0.15) is 18.2 Å². The van der Waals surface area contributed by atoms with Gasteiger partial charge in [-0.2, -0.15) is 5.26 Å². The molecule has 0 saturated carbocycles. The predicted molar refractivity (Wildman–Crippen MR) is 116 cm³/mol. The molecule has 3 aromatic carbocycles. The summed E-state index contributed by atoms with van der Waals surface area (Å²) in [5, 5.41) is 20.3. The quantitative estimate of drug-likeness (QED) is 0.137. The van der Waals surface area contributed by atoms with Crippen LogP contribution in [0.15, 0.2) is 66.7 Å². The van der Waals surface area contributed by atoms with Gasteiger partial charge in [-0.1, -0.05) is 36.4 Å². The zero-order valence-corrected chi connectivity index (χ0v) is 17.2. The minimum atomic E-state index is -0.452. The molecule has 0 aliphatic rings. The Hall–Kier alpha value is -3.25. The largest absolute Gasteiger partial charge is 0.488 e. The van der Waals surface area contributed by atoms with E-state index in [2.05, 4.69) is 22.6 Å². The van der Waals surface area contributed by atoms with E-state index < -0.39 is 10.7 Å². The number of nitriles is 1. The fourth-order valence-electron chi connectivity index (χ4n) is 2.66. The minimum absolute atomic E-state index is 0.0125. The van der Waals surface area contributed by atoms with E-state index in [0.717, 1.165) is 9.13 Å². The van der Waals surface area contributed by atoms with E-state index in [1.54, 1.807) is 48.5 Å². The van der Waals surface area contributed by atoms with Gasteiger partial charge in [-0.15, -0.1) is 0 Å². The molecule has 3 rings (SSSR count). The number of allylic oxidation sites excluding steroid dienone is 1. The highest BCUT2D eigenvalue weighted by molar-refractivity contribution is 14.1. The summed E-state index contributed by atoms with van der Waals surface area (Å²) in [6.45, 7) is 0.186. The van der Waals surface area contributed by atoms with E-state index in [4.69, 9.17) is 4.74 Å². The first-order chi connectivity index (χ1) is 14.0. The molecule has 0 N–H and O–H groups in total. The van der Waals surface area contributed by atoms with Crippen molar-refractivity contribution >= 4 is 39.9 Å². The number of rotatable bonds is 6. The molecule has 0 saturated heterocycles. The molecule has 0 heterocycles. The highest BCUT2D eigenvalue weighted by Gasteiger charge is 2.09. The van der Waals surface area contributed by atoms with Crippen LogP contribution in [-0.2, 0) is 6.61 Å². The molecular weight excluding hydrogens is 486 g/mol. The number of ether oxygens (including phenoxy) is 1. The van der Waals surface area contributed by atoms with Crippen molar-refractivity contribution in [3.05, 3.63) is 103 Å². The molecule has 0 aliphatic heterocycles. The molecule has 0 aliphatic carbocycles. The van der Waals surface area contributed by atoms with Gasteiger partial charge in [-0.05, 0) is 58.0 Å². The Morgan fingerprint density at radius 2 is 1.97 bits per heavy atom. The normalized spacial score (nSPS) is 11.0. The third kappa shape index (κ3) is 5.18. The number of hydrogen-bond acceptors (Lipinski definition) is 4. The molecule has 5 nitrogen and oxygen atoms in total. The summed E-state index contributed by atoms with van der Waals surface area (Å²) in [4.78, 5) is 10.4. The van der Waals surface area contributed by atoms with Crippen LogP contribution in [0.2, 0.25) is 0 Å². The van der Waals surface area contributed by atoms with E-state index in [-0.39, 0.29) is 23.4 Å². The van der Waals surface area contributed by atoms with E-state index >= 15 is 0 Å². The molecule has 0 spiro atoms. The van der Waals surface area contributed by atoms with E-state index in [1.807, 2.05) is 12.1 Å². The van der Waals surface area contributed by atoms with Crippen LogP contribution in [0.3, 0.4) is 0 Å². The first kappa shape index (κ1) is 20.5.